The molecule has 0 aromatic heterocycles. The maximum absolute atomic E-state index is 13.4. The van der Waals surface area contributed by atoms with Crippen LogP contribution in [0.25, 0.3) is 5.76 Å². The Morgan fingerprint density at radius 3 is 2.46 bits per heavy atom. The number of nitrogens with zero attached hydrogens (tertiary/aromatic N) is 1. The number of ketones is 1. The van der Waals surface area contributed by atoms with Gasteiger partial charge in [0.2, 0.25) is 6.79 Å². The van der Waals surface area contributed by atoms with E-state index in [1.54, 1.807) is 61.5 Å². The van der Waals surface area contributed by atoms with Crippen molar-refractivity contribution in [2.45, 2.75) is 13.0 Å². The quantitative estimate of drug-likeness (QED) is 0.231. The Balaban J connectivity index is 1.64. The van der Waals surface area contributed by atoms with Crippen molar-refractivity contribution in [2.24, 2.45) is 0 Å². The molecule has 9 nitrogen and oxygen atoms in total. The zero-order valence-electron chi connectivity index (χ0n) is 20.1. The smallest absolute Gasteiger partial charge is 0.338 e. The zero-order valence-corrected chi connectivity index (χ0v) is 20.1. The molecule has 0 bridgehead atoms. The zero-order chi connectivity index (χ0) is 26.1. The average molecular weight is 501 g/mol. The first-order valence-corrected chi connectivity index (χ1v) is 11.5. The molecule has 0 saturated carbocycles. The van der Waals surface area contributed by atoms with Crippen LogP contribution in [0.5, 0.6) is 17.2 Å². The first-order valence-electron chi connectivity index (χ1n) is 11.5. The largest absolute Gasteiger partial charge is 0.507 e. The number of methoxy groups -OCH3 is 1. The van der Waals surface area contributed by atoms with E-state index in [-0.39, 0.29) is 24.7 Å². The monoisotopic (exact) mass is 501 g/mol. The minimum Gasteiger partial charge on any atom is -0.507 e. The Morgan fingerprint density at radius 1 is 1.00 bits per heavy atom. The van der Waals surface area contributed by atoms with E-state index in [9.17, 15) is 19.5 Å². The molecule has 2 heterocycles. The topological polar surface area (TPSA) is 112 Å². The molecule has 37 heavy (non-hydrogen) atoms. The van der Waals surface area contributed by atoms with Crippen LogP contribution >= 0.6 is 0 Å². The van der Waals surface area contributed by atoms with Crippen LogP contribution in [0.2, 0.25) is 0 Å². The summed E-state index contributed by atoms with van der Waals surface area (Å²) >= 11 is 0. The highest BCUT2D eigenvalue weighted by atomic mass is 16.7. The van der Waals surface area contributed by atoms with Crippen molar-refractivity contribution >= 4 is 29.1 Å². The molecular formula is C28H23NO8. The van der Waals surface area contributed by atoms with E-state index in [1.807, 2.05) is 0 Å². The molecule has 188 valence electrons. The van der Waals surface area contributed by atoms with Crippen molar-refractivity contribution in [3.05, 3.63) is 89.0 Å². The van der Waals surface area contributed by atoms with Gasteiger partial charge in [-0.2, -0.15) is 0 Å². The fourth-order valence-corrected chi connectivity index (χ4v) is 4.40. The summed E-state index contributed by atoms with van der Waals surface area (Å²) in [5.41, 5.74) is 1.43. The average Bonchev–Trinajstić information content (AvgIpc) is 3.50. The van der Waals surface area contributed by atoms with Gasteiger partial charge in [-0.25, -0.2) is 4.79 Å². The van der Waals surface area contributed by atoms with Crippen LogP contribution in [0.1, 0.15) is 34.5 Å². The van der Waals surface area contributed by atoms with E-state index in [0.29, 0.717) is 39.6 Å². The summed E-state index contributed by atoms with van der Waals surface area (Å²) in [6, 6.07) is 16.9. The summed E-state index contributed by atoms with van der Waals surface area (Å²) in [4.78, 5) is 40.1. The number of ether oxygens (including phenoxy) is 4. The predicted molar refractivity (Wildman–Crippen MR) is 133 cm³/mol. The standard InChI is InChI=1S/C28H23NO8/c1-3-35-28(33)16-7-10-19(11-8-16)29-24(17-5-4-6-20(13-17)34-2)23(26(31)27(29)32)25(30)18-9-12-21-22(14-18)37-15-36-21/h4-14,24,30H,3,15H2,1-2H3/b25-23-. The van der Waals surface area contributed by atoms with Crippen LogP contribution in [-0.2, 0) is 14.3 Å². The maximum atomic E-state index is 13.4. The van der Waals surface area contributed by atoms with E-state index < -0.39 is 23.7 Å². The number of carbonyl (C=O) groups is 3. The van der Waals surface area contributed by atoms with Gasteiger partial charge in [0, 0.05) is 11.3 Å². The van der Waals surface area contributed by atoms with Crippen molar-refractivity contribution < 1.29 is 38.4 Å². The molecule has 1 fully saturated rings. The molecule has 3 aromatic carbocycles. The highest BCUT2D eigenvalue weighted by Crippen LogP contribution is 2.44. The van der Waals surface area contributed by atoms with Gasteiger partial charge in [-0.3, -0.25) is 14.5 Å². The number of benzene rings is 3. The lowest BCUT2D eigenvalue weighted by Crippen LogP contribution is -2.29. The maximum Gasteiger partial charge on any atom is 0.338 e. The number of aliphatic hydroxyl groups is 1. The molecule has 2 aliphatic rings. The van der Waals surface area contributed by atoms with Crippen molar-refractivity contribution in [1.82, 2.24) is 0 Å². The number of rotatable bonds is 6. The van der Waals surface area contributed by atoms with Crippen LogP contribution < -0.4 is 19.1 Å². The van der Waals surface area contributed by atoms with Gasteiger partial charge in [-0.1, -0.05) is 12.1 Å². The van der Waals surface area contributed by atoms with Crippen molar-refractivity contribution in [2.75, 3.05) is 25.4 Å². The SMILES string of the molecule is CCOC(=O)c1ccc(N2C(=O)C(=O)/C(=C(\O)c3ccc4c(c3)OCO4)C2c2cccc(OC)c2)cc1. The van der Waals surface area contributed by atoms with Crippen molar-refractivity contribution in [3.63, 3.8) is 0 Å². The highest BCUT2D eigenvalue weighted by molar-refractivity contribution is 6.51. The Kier molecular flexibility index (Phi) is 6.27. The van der Waals surface area contributed by atoms with Crippen LogP contribution in [0.3, 0.4) is 0 Å². The summed E-state index contributed by atoms with van der Waals surface area (Å²) in [5, 5.41) is 11.3. The van der Waals surface area contributed by atoms with Gasteiger partial charge in [0.1, 0.15) is 11.5 Å². The third-order valence-corrected chi connectivity index (χ3v) is 6.16. The van der Waals surface area contributed by atoms with Crippen LogP contribution in [0.4, 0.5) is 5.69 Å². The lowest BCUT2D eigenvalue weighted by atomic mass is 9.94. The van der Waals surface area contributed by atoms with Crippen LogP contribution in [0, 0.1) is 0 Å². The fraction of sp³-hybridized carbons (Fsp3) is 0.179. The molecule has 0 aliphatic carbocycles. The normalized spacial score (nSPS) is 17.7. The van der Waals surface area contributed by atoms with E-state index in [4.69, 9.17) is 18.9 Å². The molecule has 5 rings (SSSR count). The summed E-state index contributed by atoms with van der Waals surface area (Å²) in [5.74, 6) is -1.06. The van der Waals surface area contributed by atoms with Crippen LogP contribution in [-0.4, -0.2) is 43.3 Å². The van der Waals surface area contributed by atoms with E-state index in [0.717, 1.165) is 0 Å². The van der Waals surface area contributed by atoms with Gasteiger partial charge in [0.25, 0.3) is 11.7 Å². The summed E-state index contributed by atoms with van der Waals surface area (Å²) in [6.07, 6.45) is 0. The Hall–Kier alpha value is -4.79. The number of esters is 1. The first-order chi connectivity index (χ1) is 17.9. The molecular weight excluding hydrogens is 478 g/mol. The number of anilines is 1. The number of amides is 1. The van der Waals surface area contributed by atoms with Gasteiger partial charge in [-0.15, -0.1) is 0 Å². The Morgan fingerprint density at radius 2 is 1.73 bits per heavy atom. The third kappa shape index (κ3) is 4.24. The number of aliphatic hydroxyl groups excluding tert-OH is 1. The van der Waals surface area contributed by atoms with E-state index in [1.165, 1.54) is 24.1 Å². The lowest BCUT2D eigenvalue weighted by molar-refractivity contribution is -0.132. The van der Waals surface area contributed by atoms with Crippen molar-refractivity contribution in [1.29, 1.82) is 0 Å². The molecule has 1 unspecified atom stereocenters. The molecule has 1 amide bonds. The number of carbonyl (C=O) groups excluding carboxylic acids is 3. The van der Waals surface area contributed by atoms with Gasteiger partial charge < -0.3 is 24.1 Å². The van der Waals surface area contributed by atoms with Gasteiger partial charge >= 0.3 is 5.97 Å². The predicted octanol–water partition coefficient (Wildman–Crippen LogP) is 4.23. The van der Waals surface area contributed by atoms with Crippen molar-refractivity contribution in [3.8, 4) is 17.2 Å². The molecule has 2 aliphatic heterocycles. The third-order valence-electron chi connectivity index (χ3n) is 6.16. The summed E-state index contributed by atoms with van der Waals surface area (Å²) in [6.45, 7) is 1.99. The molecule has 1 N–H and O–H groups in total. The fourth-order valence-electron chi connectivity index (χ4n) is 4.40. The number of hydrogen-bond donors (Lipinski definition) is 1. The number of hydrogen-bond acceptors (Lipinski definition) is 8. The number of Topliss-reactive ketones (excluding diaryl/α,β-unsaturated/α-hetero) is 1. The van der Waals surface area contributed by atoms with E-state index >= 15 is 0 Å². The molecule has 3 aromatic rings. The minimum atomic E-state index is -0.964. The van der Waals surface area contributed by atoms with Gasteiger partial charge in [-0.05, 0) is 67.1 Å². The highest BCUT2D eigenvalue weighted by Gasteiger charge is 2.47. The second-order valence-electron chi connectivity index (χ2n) is 8.28. The first kappa shape index (κ1) is 23.9. The summed E-state index contributed by atoms with van der Waals surface area (Å²) in [7, 11) is 1.51. The molecule has 0 spiro atoms. The Labute approximate surface area is 212 Å². The van der Waals surface area contributed by atoms with Gasteiger partial charge in [0.15, 0.2) is 11.5 Å². The van der Waals surface area contributed by atoms with Crippen LogP contribution in [0.15, 0.2) is 72.3 Å². The second kappa shape index (κ2) is 9.69. The molecule has 1 atom stereocenters. The Bertz CT molecular complexity index is 1430. The number of fused-ring (bicyclic) bond motifs is 1. The molecule has 0 radical (unpaired) electrons. The minimum absolute atomic E-state index is 0.0511. The second-order valence-corrected chi connectivity index (χ2v) is 8.28. The van der Waals surface area contributed by atoms with E-state index in [2.05, 4.69) is 0 Å². The van der Waals surface area contributed by atoms with Gasteiger partial charge in [0.05, 0.1) is 30.9 Å². The lowest BCUT2D eigenvalue weighted by Gasteiger charge is -2.26. The summed E-state index contributed by atoms with van der Waals surface area (Å²) < 4.78 is 21.1. The molecule has 9 heteroatoms. The molecule has 1 saturated heterocycles.